The fraction of sp³-hybridized carbons (Fsp3) is 0.381. The maximum Gasteiger partial charge on any atom is 0.333 e. The van der Waals surface area contributed by atoms with E-state index in [9.17, 15) is 49.4 Å². The first kappa shape index (κ1) is 51.2. The molecule has 2 aromatic carbocycles. The van der Waals surface area contributed by atoms with Crippen molar-refractivity contribution in [2.75, 3.05) is 43.1 Å². The molecule has 0 saturated carbocycles. The summed E-state index contributed by atoms with van der Waals surface area (Å²) in [4.78, 5) is 19.1. The number of allylic oxidation sites excluding steroid dienone is 8. The molecule has 3 heterocycles. The van der Waals surface area contributed by atoms with Crippen LogP contribution in [0.5, 0.6) is 11.8 Å². The zero-order valence-corrected chi connectivity index (χ0v) is 39.5. The summed E-state index contributed by atoms with van der Waals surface area (Å²) < 4.78 is 102. The van der Waals surface area contributed by atoms with E-state index < -0.39 is 64.6 Å². The van der Waals surface area contributed by atoms with Crippen molar-refractivity contribution in [2.24, 2.45) is 0 Å². The number of sulfonamides is 1. The van der Waals surface area contributed by atoms with Crippen LogP contribution in [-0.4, -0.2) is 113 Å². The minimum atomic E-state index is -4.45. The molecule has 0 amide bonds. The molecule has 23 heteroatoms. The Morgan fingerprint density at radius 1 is 0.831 bits per heavy atom. The fourth-order valence-corrected chi connectivity index (χ4v) is 10.3. The van der Waals surface area contributed by atoms with E-state index in [0.717, 1.165) is 45.6 Å². The largest absolute Gasteiger partial charge is 0.492 e. The number of carbonyl (C=O) groups excluding carboxylic acids is 1. The van der Waals surface area contributed by atoms with Crippen molar-refractivity contribution in [3.63, 3.8) is 0 Å². The van der Waals surface area contributed by atoms with Crippen LogP contribution in [0.1, 0.15) is 64.5 Å². The van der Waals surface area contributed by atoms with Gasteiger partial charge in [0.25, 0.3) is 20.2 Å². The van der Waals surface area contributed by atoms with Crippen molar-refractivity contribution in [1.29, 1.82) is 0 Å². The summed E-state index contributed by atoms with van der Waals surface area (Å²) in [5.41, 5.74) is 2.95. The van der Waals surface area contributed by atoms with Gasteiger partial charge >= 0.3 is 5.97 Å². The Labute approximate surface area is 382 Å². The van der Waals surface area contributed by atoms with Crippen molar-refractivity contribution < 1.29 is 73.4 Å². The second-order valence-electron chi connectivity index (χ2n) is 16.1. The summed E-state index contributed by atoms with van der Waals surface area (Å²) in [6.07, 6.45) is 13.3. The molecule has 0 bridgehead atoms. The number of anilines is 1. The van der Waals surface area contributed by atoms with Crippen molar-refractivity contribution in [3.05, 3.63) is 108 Å². The highest BCUT2D eigenvalue weighted by atomic mass is 32.2. The van der Waals surface area contributed by atoms with Gasteiger partial charge in [0.15, 0.2) is 5.71 Å². The average molecular weight is 982 g/mol. The molecule has 354 valence electrons. The van der Waals surface area contributed by atoms with Gasteiger partial charge in [0.1, 0.15) is 6.54 Å². The highest BCUT2D eigenvalue weighted by Crippen LogP contribution is 2.48. The number of hydrogen-bond acceptors (Lipinski definition) is 15. The zero-order valence-electron chi connectivity index (χ0n) is 36.3. The number of rotatable bonds is 22. The van der Waals surface area contributed by atoms with Crippen LogP contribution in [-0.2, 0) is 55.3 Å². The van der Waals surface area contributed by atoms with E-state index in [0.29, 0.717) is 40.3 Å². The Morgan fingerprint density at radius 3 is 2.14 bits per heavy atom. The quantitative estimate of drug-likeness (QED) is 0.0155. The summed E-state index contributed by atoms with van der Waals surface area (Å²) in [7, 11) is -11.4. The van der Waals surface area contributed by atoms with Crippen molar-refractivity contribution in [1.82, 2.24) is 9.04 Å². The van der Waals surface area contributed by atoms with Crippen LogP contribution in [0.3, 0.4) is 0 Å². The fourth-order valence-electron chi connectivity index (χ4n) is 7.73. The average Bonchev–Trinajstić information content (AvgIpc) is 3.73. The van der Waals surface area contributed by atoms with Gasteiger partial charge in [-0.05, 0) is 68.7 Å². The van der Waals surface area contributed by atoms with Gasteiger partial charge in [0, 0.05) is 97.4 Å². The van der Waals surface area contributed by atoms with Gasteiger partial charge in [0.2, 0.25) is 27.5 Å². The lowest BCUT2D eigenvalue weighted by molar-refractivity contribution is -0.437. The number of fused-ring (bicyclic) bond motifs is 2. The second-order valence-corrected chi connectivity index (χ2v) is 22.0. The van der Waals surface area contributed by atoms with Gasteiger partial charge in [-0.2, -0.15) is 21.4 Å². The molecule has 0 unspecified atom stereocenters. The van der Waals surface area contributed by atoms with Crippen molar-refractivity contribution >= 4 is 65.4 Å². The third-order valence-electron chi connectivity index (χ3n) is 11.0. The molecule has 5 rings (SSSR count). The van der Waals surface area contributed by atoms with Gasteiger partial charge in [0.05, 0.1) is 21.0 Å². The monoisotopic (exact) mass is 981 g/mol. The third-order valence-corrected chi connectivity index (χ3v) is 15.1. The Hall–Kier alpha value is -4.82. The number of aromatic hydroxyl groups is 2. The van der Waals surface area contributed by atoms with Gasteiger partial charge in [-0.15, -0.1) is 9.06 Å². The minimum Gasteiger partial charge on any atom is -0.492 e. The molecule has 0 aliphatic carbocycles. The predicted molar refractivity (Wildman–Crippen MR) is 243 cm³/mol. The molecule has 0 spiro atoms. The number of aromatic nitrogens is 1. The number of hydrogen-bond donors (Lipinski definition) is 5. The van der Waals surface area contributed by atoms with E-state index in [2.05, 4.69) is 9.37 Å². The van der Waals surface area contributed by atoms with Crippen LogP contribution in [0.25, 0.3) is 0 Å². The van der Waals surface area contributed by atoms with Gasteiger partial charge in [-0.1, -0.05) is 49.3 Å². The predicted octanol–water partition coefficient (Wildman–Crippen LogP) is 5.67. The van der Waals surface area contributed by atoms with Crippen molar-refractivity contribution in [2.45, 2.75) is 74.0 Å². The van der Waals surface area contributed by atoms with Crippen LogP contribution in [0.2, 0.25) is 0 Å². The lowest BCUT2D eigenvalue weighted by Gasteiger charge is -2.27. The van der Waals surface area contributed by atoms with Crippen LogP contribution >= 0.6 is 12.0 Å². The Morgan fingerprint density at radius 2 is 1.48 bits per heavy atom. The first-order valence-corrected chi connectivity index (χ1v) is 25.5. The summed E-state index contributed by atoms with van der Waals surface area (Å²) in [6, 6.07) is 11.4. The lowest BCUT2D eigenvalue weighted by Crippen LogP contribution is -2.30. The van der Waals surface area contributed by atoms with E-state index in [1.54, 1.807) is 42.5 Å². The molecule has 0 saturated heterocycles. The molecule has 19 nitrogen and oxygen atoms in total. The maximum atomic E-state index is 13.8. The van der Waals surface area contributed by atoms with Crippen LogP contribution < -0.4 is 9.74 Å². The summed E-state index contributed by atoms with van der Waals surface area (Å²) >= 11 is 0.922. The van der Waals surface area contributed by atoms with E-state index in [1.165, 1.54) is 25.2 Å². The Bertz CT molecular complexity index is 2740. The lowest BCUT2D eigenvalue weighted by atomic mass is 9.81. The molecule has 2 aliphatic rings. The molecular weight excluding hydrogens is 929 g/mol. The highest BCUT2D eigenvalue weighted by molar-refractivity contribution is 7.94. The van der Waals surface area contributed by atoms with E-state index in [4.69, 9.17) is 10.1 Å². The standard InChI is InChI=1S/C42H52N4O15S4/c1-41(2)32-28-30(64(54,55)43(5)23-11-16-40(49)59-46-38(47)21-22-39(46)48)17-19-34(32)45(25-13-27-63(51,52)53)37(41)15-10-8-6-7-9-14-36-42(3,4)33-29-31(65(56,57)58)18-20-35(33)44(36)24-12-26-62-61-60-50/h6-10,14-15,17-22,28-29H,11-13,16,23-27H2,1-5H3,(H4-,47,48,50,51,52,53,56,57,58)/p+1. The molecular formula is C42H53N4O15S4+. The van der Waals surface area contributed by atoms with Crippen LogP contribution in [0.4, 0.5) is 11.4 Å². The topological polar surface area (TPSA) is 263 Å². The number of benzene rings is 2. The SMILES string of the molecule is CN(CCCC(=O)On1c(O)ccc1O)S(=O)(=O)c1ccc2c(c1)C(C)(C)C(C=CC=CC=CC=C1N(CCCSOOO)c3ccc(S(=O)(=O)O)cc3C1(C)C)=[N+]2CCCS(=O)(=O)O. The third kappa shape index (κ3) is 12.2. The Balaban J connectivity index is 1.34. The summed E-state index contributed by atoms with van der Waals surface area (Å²) in [6.45, 7) is 8.36. The first-order valence-electron chi connectivity index (χ1n) is 20.1. The smallest absolute Gasteiger partial charge is 0.333 e. The molecule has 65 heavy (non-hydrogen) atoms. The molecule has 5 N–H and O–H groups in total. The normalized spacial score (nSPS) is 16.8. The van der Waals surface area contributed by atoms with Gasteiger partial charge in [-0.3, -0.25) is 9.11 Å². The van der Waals surface area contributed by atoms with Crippen molar-refractivity contribution in [3.8, 4) is 11.8 Å². The first-order chi connectivity index (χ1) is 30.4. The van der Waals surface area contributed by atoms with E-state index in [1.807, 2.05) is 55.4 Å². The van der Waals surface area contributed by atoms with E-state index >= 15 is 0 Å². The number of carbonyl (C=O) groups is 1. The highest BCUT2D eigenvalue weighted by Gasteiger charge is 2.45. The Kier molecular flexibility index (Phi) is 16.4. The number of nitrogens with zero attached hydrogens (tertiary/aromatic N) is 4. The summed E-state index contributed by atoms with van der Waals surface area (Å²) in [5.74, 6) is -1.78. The maximum absolute atomic E-state index is 13.8. The minimum absolute atomic E-state index is 0.00553. The van der Waals surface area contributed by atoms with Gasteiger partial charge in [-0.25, -0.2) is 22.8 Å². The van der Waals surface area contributed by atoms with Crippen LogP contribution in [0.15, 0.2) is 107 Å². The summed E-state index contributed by atoms with van der Waals surface area (Å²) in [5, 5.41) is 31.5. The molecule has 0 fully saturated rings. The van der Waals surface area contributed by atoms with Crippen LogP contribution in [0, 0.1) is 0 Å². The zero-order chi connectivity index (χ0) is 48.0. The molecule has 3 aromatic rings. The molecule has 0 atom stereocenters. The second kappa shape index (κ2) is 20.8. The van der Waals surface area contributed by atoms with E-state index in [-0.39, 0.29) is 42.1 Å². The molecule has 1 aromatic heterocycles. The molecule has 2 aliphatic heterocycles. The van der Waals surface area contributed by atoms with Gasteiger partial charge < -0.3 is 20.0 Å². The molecule has 0 radical (unpaired) electrons.